The maximum absolute atomic E-state index is 11.7. The Bertz CT molecular complexity index is 157. The second-order valence-electron chi connectivity index (χ2n) is 2.81. The van der Waals surface area contributed by atoms with Gasteiger partial charge in [0.25, 0.3) is 0 Å². The zero-order chi connectivity index (χ0) is 11.7. The molecule has 0 rings (SSSR count). The molecule has 0 aromatic heterocycles. The summed E-state index contributed by atoms with van der Waals surface area (Å²) in [6.45, 7) is 1.21. The van der Waals surface area contributed by atoms with Crippen LogP contribution in [0.5, 0.6) is 0 Å². The zero-order valence-electron chi connectivity index (χ0n) is 8.76. The Morgan fingerprint density at radius 3 is 2.47 bits per heavy atom. The molecule has 0 aliphatic rings. The molecule has 15 heavy (non-hydrogen) atoms. The van der Waals surface area contributed by atoms with Crippen LogP contribution in [0.4, 0.5) is 13.2 Å². The van der Waals surface area contributed by atoms with Gasteiger partial charge in [0.1, 0.15) is 0 Å². The van der Waals surface area contributed by atoms with Gasteiger partial charge in [-0.3, -0.25) is 0 Å². The molecule has 0 spiro atoms. The van der Waals surface area contributed by atoms with Crippen molar-refractivity contribution in [3.63, 3.8) is 0 Å². The van der Waals surface area contributed by atoms with Gasteiger partial charge in [-0.1, -0.05) is 0 Å². The van der Waals surface area contributed by atoms with Crippen molar-refractivity contribution in [2.24, 2.45) is 0 Å². The minimum Gasteiger partial charge on any atom is -0.382 e. The van der Waals surface area contributed by atoms with E-state index in [1.807, 2.05) is 0 Å². The highest BCUT2D eigenvalue weighted by molar-refractivity contribution is 8.00. The Morgan fingerprint density at radius 1 is 1.33 bits per heavy atom. The number of hydrogen-bond donors (Lipinski definition) is 1. The van der Waals surface area contributed by atoms with Crippen LogP contribution in [0.25, 0.3) is 0 Å². The third-order valence-electron chi connectivity index (χ3n) is 1.60. The highest BCUT2D eigenvalue weighted by Crippen LogP contribution is 2.29. The highest BCUT2D eigenvalue weighted by atomic mass is 32.2. The molecule has 0 aromatic rings. The fourth-order valence-corrected chi connectivity index (χ4v) is 1.38. The number of hydrogen-bond acceptors (Lipinski definition) is 4. The molecule has 0 amide bonds. The average molecular weight is 247 g/mol. The minimum atomic E-state index is -4.14. The number of alkyl halides is 3. The first-order chi connectivity index (χ1) is 6.99. The minimum absolute atomic E-state index is 0.00686. The Kier molecular flexibility index (Phi) is 8.22. The van der Waals surface area contributed by atoms with E-state index in [4.69, 9.17) is 9.47 Å². The zero-order valence-corrected chi connectivity index (χ0v) is 9.58. The van der Waals surface area contributed by atoms with E-state index in [1.54, 1.807) is 7.11 Å². The predicted octanol–water partition coefficient (Wildman–Crippen LogP) is 1.49. The maximum Gasteiger partial charge on any atom is 0.441 e. The maximum atomic E-state index is 11.7. The summed E-state index contributed by atoms with van der Waals surface area (Å²) in [4.78, 5) is 0. The van der Waals surface area contributed by atoms with E-state index in [2.05, 4.69) is 5.32 Å². The molecule has 0 aliphatic carbocycles. The molecule has 0 bridgehead atoms. The molecule has 3 nitrogen and oxygen atoms in total. The number of methoxy groups -OCH3 is 2. The summed E-state index contributed by atoms with van der Waals surface area (Å²) in [5.41, 5.74) is -4.14. The largest absolute Gasteiger partial charge is 0.441 e. The van der Waals surface area contributed by atoms with E-state index in [-0.39, 0.29) is 23.6 Å². The van der Waals surface area contributed by atoms with Crippen molar-refractivity contribution in [1.82, 2.24) is 5.32 Å². The Labute approximate surface area is 91.7 Å². The molecule has 92 valence electrons. The quantitative estimate of drug-likeness (QED) is 0.658. The third kappa shape index (κ3) is 10.3. The van der Waals surface area contributed by atoms with Gasteiger partial charge in [-0.25, -0.2) is 0 Å². The van der Waals surface area contributed by atoms with Crippen molar-refractivity contribution < 1.29 is 22.6 Å². The number of rotatable bonds is 8. The standard InChI is InChI=1S/C8H16F3NO2S/c1-13-6-7(14-2)5-12-3-4-15-8(9,10)11/h7,12H,3-6H2,1-2H3. The first-order valence-corrected chi connectivity index (χ1v) is 5.41. The SMILES string of the molecule is COCC(CNCCSC(F)(F)F)OC. The van der Waals surface area contributed by atoms with E-state index in [0.717, 1.165) is 0 Å². The lowest BCUT2D eigenvalue weighted by Gasteiger charge is -2.14. The molecule has 1 N–H and O–H groups in total. The van der Waals surface area contributed by atoms with Crippen LogP contribution in [-0.2, 0) is 9.47 Å². The van der Waals surface area contributed by atoms with Gasteiger partial charge in [-0.05, 0) is 11.8 Å². The summed E-state index contributed by atoms with van der Waals surface area (Å²) in [7, 11) is 3.08. The molecule has 0 radical (unpaired) electrons. The van der Waals surface area contributed by atoms with Gasteiger partial charge in [0.15, 0.2) is 0 Å². The van der Waals surface area contributed by atoms with E-state index >= 15 is 0 Å². The Hall–Kier alpha value is 0.0200. The second-order valence-corrected chi connectivity index (χ2v) is 3.97. The molecule has 0 saturated carbocycles. The molecule has 0 aromatic carbocycles. The molecular weight excluding hydrogens is 231 g/mol. The van der Waals surface area contributed by atoms with E-state index < -0.39 is 5.51 Å². The normalized spacial score (nSPS) is 14.2. The van der Waals surface area contributed by atoms with Crippen LogP contribution in [0.3, 0.4) is 0 Å². The summed E-state index contributed by atoms with van der Waals surface area (Å²) < 4.78 is 45.0. The number of ether oxygens (including phenoxy) is 2. The molecule has 1 atom stereocenters. The molecule has 0 aliphatic heterocycles. The van der Waals surface area contributed by atoms with Crippen molar-refractivity contribution in [3.05, 3.63) is 0 Å². The van der Waals surface area contributed by atoms with Crippen LogP contribution >= 0.6 is 11.8 Å². The predicted molar refractivity (Wildman–Crippen MR) is 54.1 cm³/mol. The fourth-order valence-electron chi connectivity index (χ4n) is 0.898. The first-order valence-electron chi connectivity index (χ1n) is 4.42. The lowest BCUT2D eigenvalue weighted by Crippen LogP contribution is -2.33. The van der Waals surface area contributed by atoms with Gasteiger partial charge >= 0.3 is 5.51 Å². The van der Waals surface area contributed by atoms with Gasteiger partial charge in [0, 0.05) is 33.1 Å². The average Bonchev–Trinajstić information content (AvgIpc) is 2.14. The van der Waals surface area contributed by atoms with Crippen LogP contribution in [0.2, 0.25) is 0 Å². The molecule has 0 fully saturated rings. The Morgan fingerprint density at radius 2 is 2.00 bits per heavy atom. The monoisotopic (exact) mass is 247 g/mol. The Balaban J connectivity index is 3.36. The van der Waals surface area contributed by atoms with Crippen LogP contribution in [0.1, 0.15) is 0 Å². The lowest BCUT2D eigenvalue weighted by atomic mass is 10.4. The van der Waals surface area contributed by atoms with Crippen molar-refractivity contribution in [3.8, 4) is 0 Å². The van der Waals surface area contributed by atoms with E-state index in [0.29, 0.717) is 19.7 Å². The van der Waals surface area contributed by atoms with Gasteiger partial charge in [-0.2, -0.15) is 13.2 Å². The smallest absolute Gasteiger partial charge is 0.382 e. The third-order valence-corrected chi connectivity index (χ3v) is 2.34. The van der Waals surface area contributed by atoms with Crippen LogP contribution < -0.4 is 5.32 Å². The van der Waals surface area contributed by atoms with Crippen molar-refractivity contribution in [2.75, 3.05) is 39.7 Å². The number of halogens is 3. The summed E-state index contributed by atoms with van der Waals surface area (Å²) in [5.74, 6) is 0.00686. The molecular formula is C8H16F3NO2S. The number of nitrogens with one attached hydrogen (secondary N) is 1. The summed E-state index contributed by atoms with van der Waals surface area (Å²) >= 11 is -0.0284. The summed E-state index contributed by atoms with van der Waals surface area (Å²) in [6, 6.07) is 0. The molecule has 0 heterocycles. The second kappa shape index (κ2) is 8.20. The topological polar surface area (TPSA) is 30.5 Å². The molecule has 1 unspecified atom stereocenters. The van der Waals surface area contributed by atoms with Crippen molar-refractivity contribution in [2.45, 2.75) is 11.6 Å². The molecule has 7 heteroatoms. The van der Waals surface area contributed by atoms with Gasteiger partial charge in [0.2, 0.25) is 0 Å². The van der Waals surface area contributed by atoms with Crippen LogP contribution in [0, 0.1) is 0 Å². The van der Waals surface area contributed by atoms with Crippen molar-refractivity contribution in [1.29, 1.82) is 0 Å². The fraction of sp³-hybridized carbons (Fsp3) is 1.00. The first kappa shape index (κ1) is 15.0. The van der Waals surface area contributed by atoms with Gasteiger partial charge < -0.3 is 14.8 Å². The lowest BCUT2D eigenvalue weighted by molar-refractivity contribution is -0.0327. The van der Waals surface area contributed by atoms with Gasteiger partial charge in [-0.15, -0.1) is 0 Å². The summed E-state index contributed by atoms with van der Waals surface area (Å²) in [6.07, 6.45) is -0.120. The van der Waals surface area contributed by atoms with E-state index in [9.17, 15) is 13.2 Å². The van der Waals surface area contributed by atoms with Crippen LogP contribution in [-0.4, -0.2) is 51.3 Å². The van der Waals surface area contributed by atoms with Crippen molar-refractivity contribution >= 4 is 11.8 Å². The number of thioether (sulfide) groups is 1. The molecule has 0 saturated heterocycles. The highest BCUT2D eigenvalue weighted by Gasteiger charge is 2.27. The summed E-state index contributed by atoms with van der Waals surface area (Å²) in [5, 5.41) is 2.87. The van der Waals surface area contributed by atoms with E-state index in [1.165, 1.54) is 7.11 Å². The van der Waals surface area contributed by atoms with Crippen LogP contribution in [0.15, 0.2) is 0 Å². The van der Waals surface area contributed by atoms with Gasteiger partial charge in [0.05, 0.1) is 12.7 Å².